The first kappa shape index (κ1) is 30.3. The number of hydrogen-bond donors (Lipinski definition) is 1. The summed E-state index contributed by atoms with van der Waals surface area (Å²) < 4.78 is 17.1. The van der Waals surface area contributed by atoms with Gasteiger partial charge in [0.25, 0.3) is 5.91 Å². The monoisotopic (exact) mass is 594 g/mol. The summed E-state index contributed by atoms with van der Waals surface area (Å²) in [6, 6.07) is 14.0. The van der Waals surface area contributed by atoms with Crippen molar-refractivity contribution < 1.29 is 33.7 Å². The highest BCUT2D eigenvalue weighted by molar-refractivity contribution is 6.91. The summed E-state index contributed by atoms with van der Waals surface area (Å²) in [5, 5.41) is 11.3. The fourth-order valence-electron chi connectivity index (χ4n) is 7.32. The zero-order valence-corrected chi connectivity index (χ0v) is 26.2. The molecule has 2 fully saturated rings. The van der Waals surface area contributed by atoms with Crippen LogP contribution in [0.25, 0.3) is 0 Å². The molecule has 1 N–H and O–H groups in total. The van der Waals surface area contributed by atoms with E-state index in [4.69, 9.17) is 14.2 Å². The van der Waals surface area contributed by atoms with Crippen molar-refractivity contribution in [3.63, 3.8) is 0 Å². The zero-order valence-electron chi connectivity index (χ0n) is 25.2. The van der Waals surface area contributed by atoms with E-state index in [0.717, 1.165) is 22.7 Å². The number of benzene rings is 2. The maximum Gasteiger partial charge on any atom is 0.305 e. The molecular formula is C32H42N2O7Si. The average Bonchev–Trinajstić information content (AvgIpc) is 3.40. The molecule has 4 atom stereocenters. The minimum Gasteiger partial charge on any atom is -0.497 e. The Balaban J connectivity index is 1.55. The van der Waals surface area contributed by atoms with Gasteiger partial charge in [0.05, 0.1) is 34.1 Å². The van der Waals surface area contributed by atoms with E-state index < -0.39 is 13.7 Å². The molecule has 0 radical (unpaired) electrons. The van der Waals surface area contributed by atoms with Crippen molar-refractivity contribution in [3.05, 3.63) is 48.0 Å². The molecule has 2 amide bonds. The number of amides is 2. The summed E-state index contributed by atoms with van der Waals surface area (Å²) in [6.07, 6.45) is 2.15. The molecule has 3 heterocycles. The van der Waals surface area contributed by atoms with E-state index in [9.17, 15) is 19.5 Å². The second kappa shape index (κ2) is 11.8. The number of fused-ring (bicyclic) bond motifs is 2. The van der Waals surface area contributed by atoms with Gasteiger partial charge in [-0.3, -0.25) is 14.4 Å². The summed E-state index contributed by atoms with van der Waals surface area (Å²) in [6.45, 7) is 7.78. The van der Waals surface area contributed by atoms with Crippen LogP contribution in [0.1, 0.15) is 44.6 Å². The second-order valence-corrected chi connectivity index (χ2v) is 16.8. The third-order valence-electron chi connectivity index (χ3n) is 9.63. The van der Waals surface area contributed by atoms with Crippen molar-refractivity contribution >= 4 is 42.4 Å². The summed E-state index contributed by atoms with van der Waals surface area (Å²) in [5.74, 6) is 0.291. The highest BCUT2D eigenvalue weighted by Gasteiger charge is 2.66. The lowest BCUT2D eigenvalue weighted by Crippen LogP contribution is -2.52. The van der Waals surface area contributed by atoms with Crippen molar-refractivity contribution in [2.45, 2.75) is 69.4 Å². The van der Waals surface area contributed by atoms with Crippen molar-refractivity contribution in [1.29, 1.82) is 0 Å². The van der Waals surface area contributed by atoms with Crippen LogP contribution in [-0.2, 0) is 29.5 Å². The highest BCUT2D eigenvalue weighted by atomic mass is 28.3. The van der Waals surface area contributed by atoms with E-state index in [1.165, 1.54) is 12.3 Å². The van der Waals surface area contributed by atoms with Crippen LogP contribution >= 0.6 is 0 Å². The molecule has 2 saturated heterocycles. The SMILES string of the molecule is COC(=O)CCCCN1C(=O)[C@]2(O[C@H](CCO)[C@@H]([Si](C)(C)c3ccc(OC)cc3)[C@@H]2C)c2cc(N3CCC3=O)ccc21. The number of aliphatic hydroxyl groups excluding tert-OH is 1. The Morgan fingerprint density at radius 1 is 1.12 bits per heavy atom. The molecule has 42 heavy (non-hydrogen) atoms. The number of esters is 1. The van der Waals surface area contributed by atoms with Crippen LogP contribution in [0.15, 0.2) is 42.5 Å². The minimum absolute atomic E-state index is 0.0309. The number of anilines is 2. The van der Waals surface area contributed by atoms with Gasteiger partial charge in [0.15, 0.2) is 5.60 Å². The Hall–Kier alpha value is -3.21. The van der Waals surface area contributed by atoms with Gasteiger partial charge in [-0.25, -0.2) is 0 Å². The number of unbranched alkanes of at least 4 members (excludes halogenated alkanes) is 1. The van der Waals surface area contributed by atoms with Gasteiger partial charge in [-0.15, -0.1) is 0 Å². The summed E-state index contributed by atoms with van der Waals surface area (Å²) in [7, 11) is 0.747. The summed E-state index contributed by atoms with van der Waals surface area (Å²) in [4.78, 5) is 42.2. The van der Waals surface area contributed by atoms with E-state index in [-0.39, 0.29) is 42.0 Å². The number of nitrogens with zero attached hydrogens (tertiary/aromatic N) is 2. The Kier molecular flexibility index (Phi) is 8.51. The van der Waals surface area contributed by atoms with Crippen LogP contribution in [0.4, 0.5) is 11.4 Å². The molecule has 226 valence electrons. The summed E-state index contributed by atoms with van der Waals surface area (Å²) in [5.41, 5.74) is 1.14. The molecule has 2 aromatic carbocycles. The number of carbonyl (C=O) groups excluding carboxylic acids is 3. The Morgan fingerprint density at radius 3 is 2.45 bits per heavy atom. The smallest absolute Gasteiger partial charge is 0.305 e. The fourth-order valence-corrected chi connectivity index (χ4v) is 11.4. The number of aliphatic hydroxyl groups is 1. The molecule has 0 bridgehead atoms. The molecule has 3 aliphatic heterocycles. The Bertz CT molecular complexity index is 1350. The first-order valence-electron chi connectivity index (χ1n) is 14.9. The van der Waals surface area contributed by atoms with Crippen LogP contribution in [0.5, 0.6) is 5.75 Å². The van der Waals surface area contributed by atoms with E-state index in [0.29, 0.717) is 45.2 Å². The molecule has 2 aromatic rings. The van der Waals surface area contributed by atoms with Crippen molar-refractivity contribution in [2.24, 2.45) is 5.92 Å². The van der Waals surface area contributed by atoms with Crippen LogP contribution in [0, 0.1) is 5.92 Å². The summed E-state index contributed by atoms with van der Waals surface area (Å²) >= 11 is 0. The predicted molar refractivity (Wildman–Crippen MR) is 163 cm³/mol. The third kappa shape index (κ3) is 4.93. The lowest BCUT2D eigenvalue weighted by molar-refractivity contribution is -0.146. The van der Waals surface area contributed by atoms with E-state index in [2.05, 4.69) is 32.2 Å². The van der Waals surface area contributed by atoms with Gasteiger partial charge in [-0.1, -0.05) is 37.3 Å². The third-order valence-corrected chi connectivity index (χ3v) is 14.0. The van der Waals surface area contributed by atoms with Crippen LogP contribution in [-0.4, -0.2) is 71.0 Å². The molecular weight excluding hydrogens is 552 g/mol. The van der Waals surface area contributed by atoms with Gasteiger partial charge in [-0.05, 0) is 55.1 Å². The minimum atomic E-state index is -2.28. The average molecular weight is 595 g/mol. The van der Waals surface area contributed by atoms with Gasteiger partial charge in [0.1, 0.15) is 5.75 Å². The van der Waals surface area contributed by atoms with Gasteiger partial charge >= 0.3 is 5.97 Å². The number of rotatable bonds is 11. The molecule has 10 heteroatoms. The lowest BCUT2D eigenvalue weighted by atomic mass is 9.82. The van der Waals surface area contributed by atoms with Crippen LogP contribution < -0.4 is 19.7 Å². The Labute approximate surface area is 248 Å². The first-order valence-corrected chi connectivity index (χ1v) is 17.9. The molecule has 1 spiro atoms. The molecule has 0 unspecified atom stereocenters. The molecule has 0 aliphatic carbocycles. The fraction of sp³-hybridized carbons (Fsp3) is 0.531. The van der Waals surface area contributed by atoms with Crippen molar-refractivity contribution in [1.82, 2.24) is 0 Å². The Morgan fingerprint density at radius 2 is 1.86 bits per heavy atom. The normalized spacial score (nSPS) is 25.1. The van der Waals surface area contributed by atoms with Gasteiger partial charge < -0.3 is 29.1 Å². The maximum atomic E-state index is 14.6. The lowest BCUT2D eigenvalue weighted by Gasteiger charge is -2.37. The number of hydrogen-bond acceptors (Lipinski definition) is 7. The second-order valence-electron chi connectivity index (χ2n) is 12.2. The number of β-lactam (4-membered cyclic amide) rings is 1. The van der Waals surface area contributed by atoms with E-state index in [1.807, 2.05) is 30.3 Å². The molecule has 0 aromatic heterocycles. The van der Waals surface area contributed by atoms with E-state index >= 15 is 0 Å². The number of carbonyl (C=O) groups is 3. The highest BCUT2D eigenvalue weighted by Crippen LogP contribution is 2.60. The van der Waals surface area contributed by atoms with Crippen molar-refractivity contribution in [3.8, 4) is 5.75 Å². The van der Waals surface area contributed by atoms with Crippen molar-refractivity contribution in [2.75, 3.05) is 43.7 Å². The molecule has 3 aliphatic rings. The van der Waals surface area contributed by atoms with Gasteiger partial charge in [0.2, 0.25) is 5.91 Å². The number of ether oxygens (including phenoxy) is 3. The van der Waals surface area contributed by atoms with Gasteiger partial charge in [0, 0.05) is 49.7 Å². The van der Waals surface area contributed by atoms with Crippen LogP contribution in [0.3, 0.4) is 0 Å². The largest absolute Gasteiger partial charge is 0.497 e. The topological polar surface area (TPSA) is 106 Å². The molecule has 5 rings (SSSR count). The maximum absolute atomic E-state index is 14.6. The zero-order chi connectivity index (χ0) is 30.2. The van der Waals surface area contributed by atoms with Gasteiger partial charge in [-0.2, -0.15) is 0 Å². The van der Waals surface area contributed by atoms with Crippen LogP contribution in [0.2, 0.25) is 18.6 Å². The first-order chi connectivity index (χ1) is 20.1. The quantitative estimate of drug-likeness (QED) is 0.183. The predicted octanol–water partition coefficient (Wildman–Crippen LogP) is 3.72. The van der Waals surface area contributed by atoms with E-state index in [1.54, 1.807) is 16.9 Å². The number of methoxy groups -OCH3 is 2. The molecule has 0 saturated carbocycles. The standard InChI is InChI=1S/C32H42N2O7Si/c1-21-30(42(4,5)24-12-10-23(39-2)11-13-24)27(16-19-35)41-32(21)25-20-22(33-18-15-28(33)36)9-14-26(25)34(31(32)38)17-7-6-8-29(37)40-3/h9-14,20-21,27,30,35H,6-8,15-19H2,1-5H3/t21-,27+,30-,32+/m0/s1. The molecule has 9 nitrogen and oxygen atoms in total.